The van der Waals surface area contributed by atoms with Crippen molar-refractivity contribution in [3.8, 4) is 0 Å². The predicted octanol–water partition coefficient (Wildman–Crippen LogP) is 4.75. The smallest absolute Gasteiger partial charge is 0.258 e. The van der Waals surface area contributed by atoms with Crippen molar-refractivity contribution in [1.82, 2.24) is 14.7 Å². The molecular weight excluding hydrogens is 400 g/mol. The number of likely N-dealkylation sites (tertiary alicyclic amines) is 1. The maximum absolute atomic E-state index is 12.5. The summed E-state index contributed by atoms with van der Waals surface area (Å²) in [6, 6.07) is 8.47. The maximum atomic E-state index is 12.5. The third kappa shape index (κ3) is 5.56. The van der Waals surface area contributed by atoms with Gasteiger partial charge in [0.2, 0.25) is 0 Å². The first-order valence-corrected chi connectivity index (χ1v) is 11.7. The molecule has 32 heavy (non-hydrogen) atoms. The lowest BCUT2D eigenvalue weighted by atomic mass is 9.98. The van der Waals surface area contributed by atoms with Crippen LogP contribution >= 0.6 is 0 Å². The number of allylic oxidation sites excluding steroid dienone is 2. The zero-order valence-electron chi connectivity index (χ0n) is 19.3. The van der Waals surface area contributed by atoms with Gasteiger partial charge >= 0.3 is 0 Å². The largest absolute Gasteiger partial charge is 0.373 e. The minimum absolute atomic E-state index is 0.0784. The highest BCUT2D eigenvalue weighted by Gasteiger charge is 2.21. The van der Waals surface area contributed by atoms with Crippen molar-refractivity contribution in [2.75, 3.05) is 25.0 Å². The number of hydrogen-bond acceptors (Lipinski definition) is 4. The van der Waals surface area contributed by atoms with Crippen LogP contribution in [0.5, 0.6) is 0 Å². The van der Waals surface area contributed by atoms with Crippen LogP contribution in [0.4, 0.5) is 5.69 Å². The van der Waals surface area contributed by atoms with Crippen molar-refractivity contribution >= 4 is 17.3 Å². The van der Waals surface area contributed by atoms with Crippen molar-refractivity contribution in [1.29, 1.82) is 0 Å². The summed E-state index contributed by atoms with van der Waals surface area (Å²) in [5, 5.41) is 7.31. The second-order valence-corrected chi connectivity index (χ2v) is 9.02. The maximum Gasteiger partial charge on any atom is 0.258 e. The average molecular weight is 435 g/mol. The van der Waals surface area contributed by atoms with Crippen molar-refractivity contribution in [2.24, 2.45) is 5.92 Å². The Hall–Kier alpha value is -2.70. The Labute approximate surface area is 190 Å². The number of hydrogen-bond donors (Lipinski definition) is 1. The second kappa shape index (κ2) is 10.3. The summed E-state index contributed by atoms with van der Waals surface area (Å²) in [6.45, 7) is 9.61. The molecule has 0 bridgehead atoms. The van der Waals surface area contributed by atoms with Gasteiger partial charge in [-0.05, 0) is 57.9 Å². The molecule has 1 amide bonds. The molecule has 170 valence electrons. The van der Waals surface area contributed by atoms with Crippen LogP contribution in [0.15, 0.2) is 54.9 Å². The van der Waals surface area contributed by atoms with E-state index in [9.17, 15) is 4.79 Å². The lowest BCUT2D eigenvalue weighted by Gasteiger charge is -2.25. The number of carbonyl (C=O) groups is 1. The first-order chi connectivity index (χ1) is 15.5. The first-order valence-electron chi connectivity index (χ1n) is 11.7. The fourth-order valence-electron chi connectivity index (χ4n) is 4.38. The van der Waals surface area contributed by atoms with E-state index < -0.39 is 0 Å². The zero-order valence-corrected chi connectivity index (χ0v) is 19.3. The molecule has 2 heterocycles. The molecule has 0 spiro atoms. The van der Waals surface area contributed by atoms with Crippen molar-refractivity contribution in [3.63, 3.8) is 0 Å². The number of ether oxygens (including phenoxy) is 1. The number of aryl methyl sites for hydroxylation is 1. The molecule has 1 aromatic carbocycles. The molecule has 1 fully saturated rings. The van der Waals surface area contributed by atoms with E-state index in [1.165, 1.54) is 19.4 Å². The van der Waals surface area contributed by atoms with Crippen LogP contribution in [0.25, 0.3) is 5.70 Å². The standard InChI is InChI=1S/C26H34N4O2/c1-19-7-9-23(10-8-19)28-26(31)22-17-27-30(18-22)24-11-12-25(20(2)16-24)32-15-5-14-29-13-4-6-21(29)3/h7-12,16-18,20-21,25H,4-6,13-15H2,1-3H3,(H,28,31). The highest BCUT2D eigenvalue weighted by molar-refractivity contribution is 6.04. The van der Waals surface area contributed by atoms with Crippen LogP contribution in [-0.4, -0.2) is 52.4 Å². The van der Waals surface area contributed by atoms with Crippen LogP contribution in [0.2, 0.25) is 0 Å². The van der Waals surface area contributed by atoms with Crippen LogP contribution in [-0.2, 0) is 4.74 Å². The molecule has 1 aromatic heterocycles. The third-order valence-corrected chi connectivity index (χ3v) is 6.42. The van der Waals surface area contributed by atoms with E-state index in [4.69, 9.17) is 4.74 Å². The zero-order chi connectivity index (χ0) is 22.5. The Morgan fingerprint density at radius 1 is 1.25 bits per heavy atom. The molecule has 0 saturated carbocycles. The van der Waals surface area contributed by atoms with Gasteiger partial charge in [0.1, 0.15) is 0 Å². The average Bonchev–Trinajstić information content (AvgIpc) is 3.43. The number of carbonyl (C=O) groups excluding carboxylic acids is 1. The van der Waals surface area contributed by atoms with Gasteiger partial charge in [-0.25, -0.2) is 4.68 Å². The molecule has 4 rings (SSSR count). The summed E-state index contributed by atoms with van der Waals surface area (Å²) in [6.07, 6.45) is 13.4. The molecule has 3 atom stereocenters. The lowest BCUT2D eigenvalue weighted by molar-refractivity contribution is 0.0546. The number of benzene rings is 1. The highest BCUT2D eigenvalue weighted by Crippen LogP contribution is 2.23. The molecule has 6 heteroatoms. The van der Waals surface area contributed by atoms with E-state index >= 15 is 0 Å². The topological polar surface area (TPSA) is 59.4 Å². The van der Waals surface area contributed by atoms with Gasteiger partial charge in [0, 0.05) is 37.0 Å². The number of anilines is 1. The molecule has 1 saturated heterocycles. The Balaban J connectivity index is 1.27. The van der Waals surface area contributed by atoms with Crippen LogP contribution in [0.1, 0.15) is 49.0 Å². The molecule has 6 nitrogen and oxygen atoms in total. The van der Waals surface area contributed by atoms with Crippen LogP contribution in [0.3, 0.4) is 0 Å². The van der Waals surface area contributed by atoms with Gasteiger partial charge < -0.3 is 15.0 Å². The SMILES string of the molecule is Cc1ccc(NC(=O)c2cnn(C3=CC(C)C(OCCCN4CCCC4C)C=C3)c2)cc1. The van der Waals surface area contributed by atoms with Gasteiger partial charge in [-0.1, -0.05) is 36.8 Å². The minimum Gasteiger partial charge on any atom is -0.373 e. The van der Waals surface area contributed by atoms with E-state index in [0.717, 1.165) is 36.5 Å². The molecule has 2 aromatic rings. The van der Waals surface area contributed by atoms with E-state index in [-0.39, 0.29) is 17.9 Å². The van der Waals surface area contributed by atoms with E-state index in [1.807, 2.05) is 37.3 Å². The summed E-state index contributed by atoms with van der Waals surface area (Å²) in [5.74, 6) is 0.0804. The molecule has 0 radical (unpaired) electrons. The molecule has 2 aliphatic rings. The molecular formula is C26H34N4O2. The molecule has 1 N–H and O–H groups in total. The van der Waals surface area contributed by atoms with Crippen molar-refractivity contribution in [3.05, 3.63) is 66.0 Å². The van der Waals surface area contributed by atoms with E-state index in [1.54, 1.807) is 17.1 Å². The van der Waals surface area contributed by atoms with Gasteiger partial charge in [0.05, 0.1) is 23.6 Å². The summed E-state index contributed by atoms with van der Waals surface area (Å²) in [5.41, 5.74) is 3.42. The number of nitrogens with zero attached hydrogens (tertiary/aromatic N) is 3. The summed E-state index contributed by atoms with van der Waals surface area (Å²) in [7, 11) is 0. The van der Waals surface area contributed by atoms with Gasteiger partial charge in [-0.3, -0.25) is 4.79 Å². The van der Waals surface area contributed by atoms with Gasteiger partial charge in [0.15, 0.2) is 0 Å². The molecule has 1 aliphatic carbocycles. The number of amides is 1. The van der Waals surface area contributed by atoms with E-state index in [0.29, 0.717) is 11.6 Å². The van der Waals surface area contributed by atoms with Gasteiger partial charge in [-0.2, -0.15) is 5.10 Å². The first kappa shape index (κ1) is 22.5. The van der Waals surface area contributed by atoms with Crippen LogP contribution < -0.4 is 5.32 Å². The predicted molar refractivity (Wildman–Crippen MR) is 129 cm³/mol. The summed E-state index contributed by atoms with van der Waals surface area (Å²) in [4.78, 5) is 15.1. The Morgan fingerprint density at radius 2 is 2.06 bits per heavy atom. The second-order valence-electron chi connectivity index (χ2n) is 9.02. The van der Waals surface area contributed by atoms with Crippen LogP contribution in [0, 0.1) is 12.8 Å². The summed E-state index contributed by atoms with van der Waals surface area (Å²) < 4.78 is 7.89. The number of nitrogens with one attached hydrogen (secondary N) is 1. The Morgan fingerprint density at radius 3 is 2.78 bits per heavy atom. The van der Waals surface area contributed by atoms with E-state index in [2.05, 4.69) is 41.3 Å². The Kier molecular flexibility index (Phi) is 7.22. The van der Waals surface area contributed by atoms with Crippen molar-refractivity contribution < 1.29 is 9.53 Å². The normalized spacial score (nSPS) is 23.3. The highest BCUT2D eigenvalue weighted by atomic mass is 16.5. The quantitative estimate of drug-likeness (QED) is 0.609. The van der Waals surface area contributed by atoms with Gasteiger partial charge in [0.25, 0.3) is 5.91 Å². The van der Waals surface area contributed by atoms with Crippen molar-refractivity contribution in [2.45, 2.75) is 52.2 Å². The third-order valence-electron chi connectivity index (χ3n) is 6.42. The monoisotopic (exact) mass is 434 g/mol. The minimum atomic E-state index is -0.165. The van der Waals surface area contributed by atoms with Gasteiger partial charge in [-0.15, -0.1) is 0 Å². The summed E-state index contributed by atoms with van der Waals surface area (Å²) >= 11 is 0. The Bertz CT molecular complexity index is 976. The number of aromatic nitrogens is 2. The lowest BCUT2D eigenvalue weighted by Crippen LogP contribution is -2.29. The fraction of sp³-hybridized carbons (Fsp3) is 0.462. The molecule has 1 aliphatic heterocycles. The molecule has 3 unspecified atom stereocenters. The number of rotatable bonds is 8. The fourth-order valence-corrected chi connectivity index (χ4v) is 4.38.